The lowest BCUT2D eigenvalue weighted by atomic mass is 9.85. The molecule has 1 spiro atoms. The Morgan fingerprint density at radius 3 is 2.41 bits per heavy atom. The number of aromatic nitrogens is 3. The molecule has 3 aliphatic rings. The average Bonchev–Trinajstić information content (AvgIpc) is 3.44. The lowest BCUT2D eigenvalue weighted by Crippen LogP contribution is -2.52. The van der Waals surface area contributed by atoms with E-state index >= 15 is 0 Å². The van der Waals surface area contributed by atoms with Crippen LogP contribution in [-0.4, -0.2) is 56.9 Å². The molecule has 3 saturated heterocycles. The fraction of sp³-hybridized carbons (Fsp3) is 0.400. The lowest BCUT2D eigenvalue weighted by Gasteiger charge is -2.43. The smallest absolute Gasteiger partial charge is 0.349 e. The van der Waals surface area contributed by atoms with Gasteiger partial charge in [-0.25, -0.2) is 13.2 Å². The molecule has 0 amide bonds. The molecule has 3 aromatic rings. The fourth-order valence-corrected chi connectivity index (χ4v) is 8.55. The molecule has 206 valence electrons. The van der Waals surface area contributed by atoms with Crippen molar-refractivity contribution in [2.45, 2.75) is 61.1 Å². The molecule has 14 heteroatoms. The number of hydrogen-bond acceptors (Lipinski definition) is 8. The zero-order valence-corrected chi connectivity index (χ0v) is 22.8. The Kier molecular flexibility index (Phi) is 6.50. The number of ether oxygens (including phenoxy) is 2. The topological polar surface area (TPSA) is 144 Å². The van der Waals surface area contributed by atoms with Crippen LogP contribution in [0.5, 0.6) is 17.2 Å². The molecule has 39 heavy (non-hydrogen) atoms. The minimum atomic E-state index is -4.05. The van der Waals surface area contributed by atoms with Gasteiger partial charge in [-0.05, 0) is 62.8 Å². The van der Waals surface area contributed by atoms with Gasteiger partial charge in [0, 0.05) is 24.8 Å². The van der Waals surface area contributed by atoms with E-state index in [0.29, 0.717) is 19.4 Å². The van der Waals surface area contributed by atoms with E-state index in [1.54, 1.807) is 0 Å². The van der Waals surface area contributed by atoms with Crippen LogP contribution in [0.25, 0.3) is 5.69 Å². The first kappa shape index (κ1) is 26.3. The molecule has 0 aliphatic carbocycles. The van der Waals surface area contributed by atoms with Crippen LogP contribution in [0.3, 0.4) is 0 Å². The molecule has 2 bridgehead atoms. The van der Waals surface area contributed by atoms with Crippen molar-refractivity contribution in [2.75, 3.05) is 6.61 Å². The van der Waals surface area contributed by atoms with Gasteiger partial charge in [0.25, 0.3) is 5.56 Å². The molecule has 11 nitrogen and oxygen atoms in total. The summed E-state index contributed by atoms with van der Waals surface area (Å²) in [5.41, 5.74) is -1.51. The van der Waals surface area contributed by atoms with Gasteiger partial charge in [-0.2, -0.15) is 14.1 Å². The Labute approximate surface area is 232 Å². The maximum atomic E-state index is 13.8. The fourth-order valence-electron chi connectivity index (χ4n) is 6.03. The molecule has 2 N–H and O–H groups in total. The third-order valence-corrected chi connectivity index (χ3v) is 10.2. The monoisotopic (exact) mass is 594 g/mol. The predicted octanol–water partition coefficient (Wildman–Crippen LogP) is 3.59. The number of aromatic hydroxyl groups is 1. The highest BCUT2D eigenvalue weighted by molar-refractivity contribution is 7.89. The van der Waals surface area contributed by atoms with E-state index in [2.05, 4.69) is 10.1 Å². The summed E-state index contributed by atoms with van der Waals surface area (Å²) >= 11 is 12.8. The molecule has 2 atom stereocenters. The number of H-pyrrole nitrogens is 1. The highest BCUT2D eigenvalue weighted by Crippen LogP contribution is 2.50. The van der Waals surface area contributed by atoms with Crippen molar-refractivity contribution in [3.8, 4) is 22.9 Å². The van der Waals surface area contributed by atoms with Crippen molar-refractivity contribution < 1.29 is 23.0 Å². The minimum absolute atomic E-state index is 0.00539. The number of halogens is 2. The third kappa shape index (κ3) is 4.63. The number of hydrogen-bond donors (Lipinski definition) is 2. The van der Waals surface area contributed by atoms with Crippen LogP contribution in [0.2, 0.25) is 10.0 Å². The van der Waals surface area contributed by atoms with E-state index in [1.807, 2.05) is 0 Å². The number of nitrogens with one attached hydrogen (secondary N) is 1. The summed E-state index contributed by atoms with van der Waals surface area (Å²) < 4.78 is 42.0. The first-order valence-electron chi connectivity index (χ1n) is 12.4. The Morgan fingerprint density at radius 1 is 1.10 bits per heavy atom. The molecule has 4 heterocycles. The van der Waals surface area contributed by atoms with Crippen LogP contribution in [0.4, 0.5) is 0 Å². The van der Waals surface area contributed by atoms with Gasteiger partial charge in [0.1, 0.15) is 22.6 Å². The number of sulfonamides is 1. The summed E-state index contributed by atoms with van der Waals surface area (Å²) in [6.07, 6.45) is 5.63. The summed E-state index contributed by atoms with van der Waals surface area (Å²) in [5.74, 6) is -0.301. The second kappa shape index (κ2) is 9.63. The Balaban J connectivity index is 1.30. The summed E-state index contributed by atoms with van der Waals surface area (Å²) in [5, 5.41) is 14.4. The number of benzene rings is 2. The van der Waals surface area contributed by atoms with Crippen molar-refractivity contribution >= 4 is 33.2 Å². The van der Waals surface area contributed by atoms with Crippen LogP contribution in [0.1, 0.15) is 38.5 Å². The summed E-state index contributed by atoms with van der Waals surface area (Å²) in [6, 6.07) is 6.22. The van der Waals surface area contributed by atoms with Gasteiger partial charge in [-0.3, -0.25) is 9.78 Å². The zero-order chi connectivity index (χ0) is 27.5. The number of phenolic OH excluding ortho intramolecular Hbond substituents is 1. The van der Waals surface area contributed by atoms with E-state index in [0.717, 1.165) is 36.6 Å². The van der Waals surface area contributed by atoms with E-state index in [-0.39, 0.29) is 49.8 Å². The first-order chi connectivity index (χ1) is 18.6. The van der Waals surface area contributed by atoms with Gasteiger partial charge in [0.2, 0.25) is 10.0 Å². The maximum absolute atomic E-state index is 13.8. The minimum Gasteiger partial charge on any atom is -0.507 e. The number of phenols is 1. The Morgan fingerprint density at radius 2 is 1.79 bits per heavy atom. The summed E-state index contributed by atoms with van der Waals surface area (Å²) in [6.45, 7) is 0.705. The predicted molar refractivity (Wildman–Crippen MR) is 142 cm³/mol. The largest absolute Gasteiger partial charge is 0.507 e. The number of nitrogens with zero attached hydrogens (tertiary/aromatic N) is 3. The van der Waals surface area contributed by atoms with Crippen molar-refractivity contribution in [1.29, 1.82) is 0 Å². The highest BCUT2D eigenvalue weighted by Gasteiger charge is 2.54. The molecular formula is C25H24Cl2N4O7S. The molecule has 2 unspecified atom stereocenters. The first-order valence-corrected chi connectivity index (χ1v) is 14.6. The molecule has 1 aromatic heterocycles. The van der Waals surface area contributed by atoms with Gasteiger partial charge in [-0.1, -0.05) is 23.2 Å². The standard InChI is InChI=1S/C25H24Cl2N4O7S/c26-18-8-16(30-24(34)29-22(33)13-28-30)9-19(27)23(18)38-17-4-5-20(32)21(10-17)39(35,36)31-14-2-3-15(31)12-25(11-14)6-1-7-37-25/h4-5,8-10,13-15,32H,1-3,6-7,11-12H2,(H,29,33,34). The van der Waals surface area contributed by atoms with E-state index in [4.69, 9.17) is 32.7 Å². The molecule has 0 saturated carbocycles. The number of aromatic amines is 1. The van der Waals surface area contributed by atoms with Gasteiger partial charge >= 0.3 is 5.69 Å². The molecule has 3 fully saturated rings. The molecule has 3 aliphatic heterocycles. The average molecular weight is 595 g/mol. The lowest BCUT2D eigenvalue weighted by molar-refractivity contribution is -0.0503. The maximum Gasteiger partial charge on any atom is 0.349 e. The Bertz CT molecular complexity index is 1650. The zero-order valence-electron chi connectivity index (χ0n) is 20.5. The van der Waals surface area contributed by atoms with E-state index in [1.165, 1.54) is 34.6 Å². The van der Waals surface area contributed by atoms with Crippen LogP contribution < -0.4 is 16.0 Å². The summed E-state index contributed by atoms with van der Waals surface area (Å²) in [7, 11) is -4.05. The third-order valence-electron chi connectivity index (χ3n) is 7.60. The second-order valence-corrected chi connectivity index (χ2v) is 12.7. The number of piperidine rings is 1. The normalized spacial score (nSPS) is 24.9. The molecule has 6 rings (SSSR count). The van der Waals surface area contributed by atoms with Gasteiger partial charge in [0.15, 0.2) is 5.75 Å². The Hall–Kier alpha value is -2.90. The van der Waals surface area contributed by atoms with Crippen molar-refractivity contribution in [3.63, 3.8) is 0 Å². The van der Waals surface area contributed by atoms with Crippen molar-refractivity contribution in [2.24, 2.45) is 0 Å². The molecule has 0 radical (unpaired) electrons. The van der Waals surface area contributed by atoms with E-state index in [9.17, 15) is 23.1 Å². The van der Waals surface area contributed by atoms with Gasteiger partial charge < -0.3 is 14.6 Å². The number of fused-ring (bicyclic) bond motifs is 2. The second-order valence-electron chi connectivity index (χ2n) is 10.1. The molecular weight excluding hydrogens is 571 g/mol. The molecule has 2 aromatic carbocycles. The van der Waals surface area contributed by atoms with Crippen LogP contribution in [0, 0.1) is 0 Å². The highest BCUT2D eigenvalue weighted by atomic mass is 35.5. The van der Waals surface area contributed by atoms with Crippen LogP contribution in [-0.2, 0) is 14.8 Å². The SMILES string of the molecule is O=c1cnn(-c2cc(Cl)c(Oc3ccc(O)c(S(=O)(=O)N4C5CCC4CC4(CCCO4)C5)c3)c(Cl)c2)c(=O)[nH]1. The van der Waals surface area contributed by atoms with Crippen LogP contribution in [0.15, 0.2) is 51.0 Å². The summed E-state index contributed by atoms with van der Waals surface area (Å²) in [4.78, 5) is 25.2. The van der Waals surface area contributed by atoms with Crippen molar-refractivity contribution in [3.05, 3.63) is 67.4 Å². The van der Waals surface area contributed by atoms with Crippen molar-refractivity contribution in [1.82, 2.24) is 19.1 Å². The quantitative estimate of drug-likeness (QED) is 0.456. The van der Waals surface area contributed by atoms with Crippen LogP contribution >= 0.6 is 23.2 Å². The van der Waals surface area contributed by atoms with Gasteiger partial charge in [0.05, 0.1) is 21.3 Å². The number of rotatable bonds is 5. The van der Waals surface area contributed by atoms with E-state index < -0.39 is 27.0 Å². The van der Waals surface area contributed by atoms with Gasteiger partial charge in [-0.15, -0.1) is 0 Å².